The molecule has 4 aliphatic carbocycles. The summed E-state index contributed by atoms with van der Waals surface area (Å²) < 4.78 is 7.12. The van der Waals surface area contributed by atoms with E-state index >= 15 is 0 Å². The van der Waals surface area contributed by atoms with Gasteiger partial charge in [0.25, 0.3) is 0 Å². The zero-order valence-electron chi connectivity index (χ0n) is 25.6. The molecule has 0 aliphatic heterocycles. The summed E-state index contributed by atoms with van der Waals surface area (Å²) in [4.78, 5) is 17.9. The van der Waals surface area contributed by atoms with Crippen LogP contribution < -0.4 is 0 Å². The van der Waals surface area contributed by atoms with Crippen LogP contribution in [0.15, 0.2) is 99.6 Å². The van der Waals surface area contributed by atoms with Gasteiger partial charge >= 0.3 is 5.97 Å². The van der Waals surface area contributed by atoms with Crippen LogP contribution in [0, 0.1) is 23.2 Å². The van der Waals surface area contributed by atoms with Crippen LogP contribution >= 0.6 is 10.3 Å². The van der Waals surface area contributed by atoms with Crippen molar-refractivity contribution in [1.29, 1.82) is 0 Å². The Balaban J connectivity index is 1.26. The van der Waals surface area contributed by atoms with Gasteiger partial charge in [0.2, 0.25) is 0 Å². The van der Waals surface area contributed by atoms with Crippen molar-refractivity contribution in [2.75, 3.05) is 0 Å². The monoisotopic (exact) mass is 582 g/mol. The first kappa shape index (κ1) is 29.5. The molecule has 4 bridgehead atoms. The Labute approximate surface area is 256 Å². The van der Waals surface area contributed by atoms with Crippen molar-refractivity contribution in [3.63, 3.8) is 0 Å². The highest BCUT2D eigenvalue weighted by atomic mass is 32.3. The highest BCUT2D eigenvalue weighted by Gasteiger charge is 2.57. The van der Waals surface area contributed by atoms with Crippen LogP contribution in [-0.2, 0) is 15.4 Å². The van der Waals surface area contributed by atoms with E-state index in [0.717, 1.165) is 40.4 Å². The fraction of sp³-hybridized carbons (Fsp3) is 0.513. The van der Waals surface area contributed by atoms with Gasteiger partial charge in [0.15, 0.2) is 0 Å². The van der Waals surface area contributed by atoms with Crippen molar-refractivity contribution in [2.24, 2.45) is 23.2 Å². The van der Waals surface area contributed by atoms with Gasteiger partial charge in [-0.1, -0.05) is 100 Å². The lowest BCUT2D eigenvalue weighted by Gasteiger charge is -2.56. The van der Waals surface area contributed by atoms with Crippen LogP contribution in [0.5, 0.6) is 0 Å². The number of hydrogen-bond donors (Lipinski definition) is 0. The molecule has 3 aromatic rings. The molecule has 0 spiro atoms. The van der Waals surface area contributed by atoms with Gasteiger partial charge < -0.3 is 4.18 Å². The minimum Gasteiger partial charge on any atom is -0.402 e. The Kier molecular flexibility index (Phi) is 9.44. The molecule has 0 N–H and O–H groups in total. The molecule has 0 atom stereocenters. The zero-order valence-corrected chi connectivity index (χ0v) is 26.5. The SMILES string of the molecule is CCCCCCCCCCc1ccc(S(OC(=O)C23CC4CC(CC(C4)C2)C3)(c2ccccc2)c2ccccc2)cc1. The third-order valence-corrected chi connectivity index (χ3v) is 13.6. The topological polar surface area (TPSA) is 26.3 Å². The average molecular weight is 583 g/mol. The first-order valence-corrected chi connectivity index (χ1v) is 18.4. The molecule has 3 aromatic carbocycles. The average Bonchev–Trinajstić information content (AvgIpc) is 3.02. The second-order valence-electron chi connectivity index (χ2n) is 13.6. The number of hydrogen-bond acceptors (Lipinski definition) is 2. The van der Waals surface area contributed by atoms with Crippen LogP contribution in [0.2, 0.25) is 0 Å². The normalized spacial score (nSPS) is 24.9. The maximum Gasteiger partial charge on any atom is 0.323 e. The van der Waals surface area contributed by atoms with E-state index < -0.39 is 10.3 Å². The standard InChI is InChI=1S/C39H50O2S/c1-2-3-4-5-6-7-8-11-16-31-21-23-37(24-22-31)42(35-17-12-9-13-18-35,36-19-14-10-15-20-36)41-38(40)39-28-32-25-33(29-39)27-34(26-32)30-39/h9-10,12-15,17-24,32-34H,2-8,11,16,25-30H2,1H3. The van der Waals surface area contributed by atoms with Gasteiger partial charge in [-0.2, -0.15) is 0 Å². The predicted octanol–water partition coefficient (Wildman–Crippen LogP) is 11.3. The molecule has 0 aromatic heterocycles. The van der Waals surface area contributed by atoms with Crippen molar-refractivity contribution in [1.82, 2.24) is 0 Å². The number of benzene rings is 3. The van der Waals surface area contributed by atoms with Crippen molar-refractivity contribution in [3.8, 4) is 0 Å². The third-order valence-electron chi connectivity index (χ3n) is 10.4. The van der Waals surface area contributed by atoms with E-state index in [1.807, 2.05) is 0 Å². The lowest BCUT2D eigenvalue weighted by atomic mass is 9.49. The summed E-state index contributed by atoms with van der Waals surface area (Å²) >= 11 is 0. The molecule has 224 valence electrons. The van der Waals surface area contributed by atoms with Crippen molar-refractivity contribution in [2.45, 2.75) is 118 Å². The Bertz CT molecular complexity index is 1210. The minimum absolute atomic E-state index is 0.0623. The van der Waals surface area contributed by atoms with E-state index in [9.17, 15) is 4.79 Å². The molecule has 3 heteroatoms. The summed E-state index contributed by atoms with van der Waals surface area (Å²) in [5.74, 6) is 2.18. The Morgan fingerprint density at radius 3 is 1.60 bits per heavy atom. The molecule has 0 amide bonds. The smallest absolute Gasteiger partial charge is 0.323 e. The van der Waals surface area contributed by atoms with Gasteiger partial charge in [-0.15, -0.1) is 0 Å². The lowest BCUT2D eigenvalue weighted by molar-refractivity contribution is -0.160. The van der Waals surface area contributed by atoms with Crippen molar-refractivity contribution < 1.29 is 8.98 Å². The number of carbonyl (C=O) groups excluding carboxylic acids is 1. The first-order chi connectivity index (χ1) is 20.6. The van der Waals surface area contributed by atoms with Gasteiger partial charge in [-0.25, -0.2) is 0 Å². The summed E-state index contributed by atoms with van der Waals surface area (Å²) in [6.45, 7) is 2.28. The highest BCUT2D eigenvalue weighted by molar-refractivity contribution is 8.30. The van der Waals surface area contributed by atoms with Gasteiger partial charge in [-0.3, -0.25) is 4.79 Å². The molecule has 0 saturated heterocycles. The lowest BCUT2D eigenvalue weighted by Crippen LogP contribution is -2.50. The molecule has 4 saturated carbocycles. The van der Waals surface area contributed by atoms with Crippen molar-refractivity contribution >= 4 is 16.3 Å². The number of unbranched alkanes of at least 4 members (excludes halogenated alkanes) is 7. The molecule has 0 radical (unpaired) electrons. The van der Waals surface area contributed by atoms with Gasteiger partial charge in [-0.05, 0) is 121 Å². The molecule has 2 nitrogen and oxygen atoms in total. The molecule has 4 fully saturated rings. The largest absolute Gasteiger partial charge is 0.402 e. The van der Waals surface area contributed by atoms with E-state index in [-0.39, 0.29) is 11.4 Å². The first-order valence-electron chi connectivity index (χ1n) is 16.9. The summed E-state index contributed by atoms with van der Waals surface area (Å²) in [7, 11) is -2.23. The molecule has 4 aliphatic rings. The summed E-state index contributed by atoms with van der Waals surface area (Å²) in [5, 5.41) is 0. The third kappa shape index (κ3) is 6.23. The minimum atomic E-state index is -2.23. The van der Waals surface area contributed by atoms with E-state index in [1.165, 1.54) is 76.2 Å². The van der Waals surface area contributed by atoms with E-state index in [2.05, 4.69) is 91.9 Å². The second-order valence-corrected chi connectivity index (χ2v) is 16.3. The molecule has 0 heterocycles. The fourth-order valence-electron chi connectivity index (χ4n) is 8.65. The fourth-order valence-corrected chi connectivity index (χ4v) is 11.8. The van der Waals surface area contributed by atoms with E-state index in [4.69, 9.17) is 4.18 Å². The molecule has 42 heavy (non-hydrogen) atoms. The van der Waals surface area contributed by atoms with Crippen LogP contribution in [0.4, 0.5) is 0 Å². The number of aryl methyl sites for hydroxylation is 1. The highest BCUT2D eigenvalue weighted by Crippen LogP contribution is 2.71. The molecule has 0 unspecified atom stereocenters. The summed E-state index contributed by atoms with van der Waals surface area (Å²) in [5.41, 5.74) is 1.08. The quantitative estimate of drug-likeness (QED) is 0.177. The molecular formula is C39H50O2S. The summed E-state index contributed by atoms with van der Waals surface area (Å²) in [6.07, 6.45) is 18.9. The Hall–Kier alpha value is -2.52. The van der Waals surface area contributed by atoms with E-state index in [0.29, 0.717) is 17.8 Å². The summed E-state index contributed by atoms with van der Waals surface area (Å²) in [6, 6.07) is 30.3. The molecular weight excluding hydrogens is 532 g/mol. The maximum absolute atomic E-state index is 14.6. The van der Waals surface area contributed by atoms with Crippen LogP contribution in [0.3, 0.4) is 0 Å². The maximum atomic E-state index is 14.6. The number of carbonyl (C=O) groups is 1. The van der Waals surface area contributed by atoms with Crippen LogP contribution in [0.25, 0.3) is 0 Å². The van der Waals surface area contributed by atoms with Gasteiger partial charge in [0.1, 0.15) is 0 Å². The van der Waals surface area contributed by atoms with Crippen molar-refractivity contribution in [3.05, 3.63) is 90.5 Å². The van der Waals surface area contributed by atoms with Gasteiger partial charge in [0, 0.05) is 14.7 Å². The number of rotatable bonds is 14. The van der Waals surface area contributed by atoms with Gasteiger partial charge in [0.05, 0.1) is 5.41 Å². The van der Waals surface area contributed by atoms with Crippen LogP contribution in [0.1, 0.15) is 102 Å². The van der Waals surface area contributed by atoms with Crippen LogP contribution in [-0.4, -0.2) is 5.97 Å². The predicted molar refractivity (Wildman–Crippen MR) is 175 cm³/mol. The van der Waals surface area contributed by atoms with E-state index in [1.54, 1.807) is 0 Å². The Morgan fingerprint density at radius 2 is 1.10 bits per heavy atom. The Morgan fingerprint density at radius 1 is 0.643 bits per heavy atom. The second kappa shape index (κ2) is 13.4. The zero-order chi connectivity index (χ0) is 28.8. The molecule has 7 rings (SSSR count).